The molecule has 5 nitrogen and oxygen atoms in total. The van der Waals surface area contributed by atoms with Crippen molar-refractivity contribution < 1.29 is 13.2 Å². The first kappa shape index (κ1) is 14.3. The topological polar surface area (TPSA) is 81.4 Å². The average Bonchev–Trinajstić information content (AvgIpc) is 3.20. The number of benzene rings is 1. The largest absolute Gasteiger partial charge is 0.495 e. The predicted octanol–water partition coefficient (Wildman–Crippen LogP) is 1.02. The second-order valence-electron chi connectivity index (χ2n) is 4.96. The molecule has 1 aliphatic rings. The number of nitrogens with one attached hydrogen (secondary N) is 1. The Morgan fingerprint density at radius 2 is 2.16 bits per heavy atom. The first-order chi connectivity index (χ1) is 8.97. The summed E-state index contributed by atoms with van der Waals surface area (Å²) in [5.41, 5.74) is 6.51. The fourth-order valence-corrected chi connectivity index (χ4v) is 3.66. The molecule has 6 heteroatoms. The van der Waals surface area contributed by atoms with Crippen molar-refractivity contribution in [2.45, 2.75) is 30.7 Å². The Morgan fingerprint density at radius 1 is 1.47 bits per heavy atom. The molecular formula is C13H20N2O3S. The van der Waals surface area contributed by atoms with Gasteiger partial charge in [0, 0.05) is 12.6 Å². The molecule has 0 bridgehead atoms. The average molecular weight is 284 g/mol. The van der Waals surface area contributed by atoms with Crippen LogP contribution in [0.2, 0.25) is 0 Å². The molecule has 1 aliphatic carbocycles. The third-order valence-corrected chi connectivity index (χ3v) is 4.87. The van der Waals surface area contributed by atoms with Crippen molar-refractivity contribution in [2.24, 2.45) is 11.7 Å². The molecule has 0 heterocycles. The Morgan fingerprint density at radius 3 is 2.68 bits per heavy atom. The van der Waals surface area contributed by atoms with Gasteiger partial charge in [0.2, 0.25) is 10.0 Å². The van der Waals surface area contributed by atoms with E-state index < -0.39 is 10.0 Å². The van der Waals surface area contributed by atoms with Gasteiger partial charge in [0.05, 0.1) is 7.11 Å². The Bertz CT molecular complexity index is 553. The number of rotatable bonds is 6. The fraction of sp³-hybridized carbons (Fsp3) is 0.538. The number of methoxy groups -OCH3 is 1. The number of nitrogens with two attached hydrogens (primary N) is 1. The van der Waals surface area contributed by atoms with Crippen LogP contribution in [0.5, 0.6) is 5.75 Å². The van der Waals surface area contributed by atoms with Gasteiger partial charge in [0.15, 0.2) is 0 Å². The smallest absolute Gasteiger partial charge is 0.244 e. The molecule has 1 unspecified atom stereocenters. The number of ether oxygens (including phenoxy) is 1. The van der Waals surface area contributed by atoms with Crippen LogP contribution >= 0.6 is 0 Å². The molecule has 1 fully saturated rings. The second-order valence-corrected chi connectivity index (χ2v) is 6.64. The van der Waals surface area contributed by atoms with Crippen LogP contribution in [0, 0.1) is 12.8 Å². The normalized spacial score (nSPS) is 17.2. The van der Waals surface area contributed by atoms with E-state index >= 15 is 0 Å². The molecule has 3 N–H and O–H groups in total. The lowest BCUT2D eigenvalue weighted by atomic mass is 10.2. The molecule has 0 radical (unpaired) electrons. The Labute approximate surface area is 114 Å². The van der Waals surface area contributed by atoms with Crippen molar-refractivity contribution >= 4 is 10.0 Å². The van der Waals surface area contributed by atoms with Gasteiger partial charge in [-0.1, -0.05) is 6.07 Å². The van der Waals surface area contributed by atoms with Crippen LogP contribution in [-0.2, 0) is 10.0 Å². The number of aryl methyl sites for hydroxylation is 1. The summed E-state index contributed by atoms with van der Waals surface area (Å²) in [5.74, 6) is 0.722. The van der Waals surface area contributed by atoms with Gasteiger partial charge >= 0.3 is 0 Å². The second kappa shape index (κ2) is 5.48. The van der Waals surface area contributed by atoms with Gasteiger partial charge in [-0.2, -0.15) is 0 Å². The summed E-state index contributed by atoms with van der Waals surface area (Å²) in [7, 11) is -2.13. The lowest BCUT2D eigenvalue weighted by Crippen LogP contribution is -2.41. The van der Waals surface area contributed by atoms with E-state index in [0.717, 1.165) is 18.4 Å². The minimum Gasteiger partial charge on any atom is -0.495 e. The fourth-order valence-electron chi connectivity index (χ4n) is 2.09. The lowest BCUT2D eigenvalue weighted by molar-refractivity contribution is 0.401. The van der Waals surface area contributed by atoms with E-state index in [9.17, 15) is 8.42 Å². The van der Waals surface area contributed by atoms with Crippen molar-refractivity contribution in [2.75, 3.05) is 13.7 Å². The summed E-state index contributed by atoms with van der Waals surface area (Å²) in [6.45, 7) is 2.16. The van der Waals surface area contributed by atoms with Crippen molar-refractivity contribution in [3.63, 3.8) is 0 Å². The molecule has 0 spiro atoms. The highest BCUT2D eigenvalue weighted by molar-refractivity contribution is 7.89. The molecule has 1 atom stereocenters. The standard InChI is InChI=1S/C13H20N2O3S/c1-9-3-6-12(18-2)13(7-9)19(16,17)15-11(8-14)10-4-5-10/h3,6-7,10-11,15H,4-5,8,14H2,1-2H3. The van der Waals surface area contributed by atoms with Crippen molar-refractivity contribution in [1.29, 1.82) is 0 Å². The summed E-state index contributed by atoms with van der Waals surface area (Å²) in [5, 5.41) is 0. The van der Waals surface area contributed by atoms with Gasteiger partial charge in [-0.15, -0.1) is 0 Å². The summed E-state index contributed by atoms with van der Waals surface area (Å²) in [6.07, 6.45) is 2.07. The SMILES string of the molecule is COc1ccc(C)cc1S(=O)(=O)NC(CN)C1CC1. The van der Waals surface area contributed by atoms with Crippen LogP contribution in [0.3, 0.4) is 0 Å². The molecule has 0 amide bonds. The molecular weight excluding hydrogens is 264 g/mol. The summed E-state index contributed by atoms with van der Waals surface area (Å²) < 4.78 is 32.7. The van der Waals surface area contributed by atoms with Gasteiger partial charge in [-0.3, -0.25) is 0 Å². The maximum absolute atomic E-state index is 12.4. The summed E-state index contributed by atoms with van der Waals surface area (Å²) >= 11 is 0. The zero-order valence-electron chi connectivity index (χ0n) is 11.2. The van der Waals surface area contributed by atoms with Crippen LogP contribution in [0.15, 0.2) is 23.1 Å². The van der Waals surface area contributed by atoms with Gasteiger partial charge in [0.25, 0.3) is 0 Å². The van der Waals surface area contributed by atoms with E-state index in [4.69, 9.17) is 10.5 Å². The molecule has 0 aliphatic heterocycles. The minimum absolute atomic E-state index is 0.175. The maximum Gasteiger partial charge on any atom is 0.244 e. The number of hydrogen-bond acceptors (Lipinski definition) is 4. The molecule has 106 valence electrons. The van der Waals surface area contributed by atoms with Gasteiger partial charge < -0.3 is 10.5 Å². The summed E-state index contributed by atoms with van der Waals surface area (Å²) in [6, 6.07) is 4.91. The van der Waals surface area contributed by atoms with Crippen LogP contribution < -0.4 is 15.2 Å². The monoisotopic (exact) mass is 284 g/mol. The third-order valence-electron chi connectivity index (χ3n) is 3.36. The van der Waals surface area contributed by atoms with Crippen LogP contribution in [0.1, 0.15) is 18.4 Å². The molecule has 1 aromatic carbocycles. The molecule has 2 rings (SSSR count). The van der Waals surface area contributed by atoms with Crippen molar-refractivity contribution in [3.05, 3.63) is 23.8 Å². The Hall–Kier alpha value is -1.11. The van der Waals surface area contributed by atoms with Crippen molar-refractivity contribution in [1.82, 2.24) is 4.72 Å². The first-order valence-corrected chi connectivity index (χ1v) is 7.83. The third kappa shape index (κ3) is 3.26. The maximum atomic E-state index is 12.4. The van der Waals surface area contributed by atoms with Crippen LogP contribution in [0.4, 0.5) is 0 Å². The lowest BCUT2D eigenvalue weighted by Gasteiger charge is -2.17. The van der Waals surface area contributed by atoms with Gasteiger partial charge in [-0.05, 0) is 43.4 Å². The van der Waals surface area contributed by atoms with E-state index in [2.05, 4.69) is 4.72 Å². The molecule has 0 saturated heterocycles. The number of hydrogen-bond donors (Lipinski definition) is 2. The highest BCUT2D eigenvalue weighted by Crippen LogP contribution is 2.33. The van der Waals surface area contributed by atoms with Crippen LogP contribution in [-0.4, -0.2) is 28.1 Å². The van der Waals surface area contributed by atoms with E-state index in [1.807, 2.05) is 13.0 Å². The summed E-state index contributed by atoms with van der Waals surface area (Å²) in [4.78, 5) is 0.175. The molecule has 19 heavy (non-hydrogen) atoms. The van der Waals surface area contributed by atoms with Gasteiger partial charge in [-0.25, -0.2) is 13.1 Å². The van der Waals surface area contributed by atoms with E-state index in [0.29, 0.717) is 18.2 Å². The Kier molecular flexibility index (Phi) is 4.13. The molecule has 0 aromatic heterocycles. The van der Waals surface area contributed by atoms with Crippen molar-refractivity contribution in [3.8, 4) is 5.75 Å². The van der Waals surface area contributed by atoms with Gasteiger partial charge in [0.1, 0.15) is 10.6 Å². The van der Waals surface area contributed by atoms with E-state index in [1.165, 1.54) is 7.11 Å². The highest BCUT2D eigenvalue weighted by atomic mass is 32.2. The highest BCUT2D eigenvalue weighted by Gasteiger charge is 2.34. The number of sulfonamides is 1. The van der Waals surface area contributed by atoms with E-state index in [-0.39, 0.29) is 10.9 Å². The predicted molar refractivity (Wildman–Crippen MR) is 73.6 cm³/mol. The minimum atomic E-state index is -3.60. The first-order valence-electron chi connectivity index (χ1n) is 6.35. The molecule has 1 saturated carbocycles. The van der Waals surface area contributed by atoms with E-state index in [1.54, 1.807) is 12.1 Å². The zero-order valence-corrected chi connectivity index (χ0v) is 12.0. The quantitative estimate of drug-likeness (QED) is 0.817. The van der Waals surface area contributed by atoms with Crippen LogP contribution in [0.25, 0.3) is 0 Å². The molecule has 1 aromatic rings. The Balaban J connectivity index is 2.30. The zero-order chi connectivity index (χ0) is 14.0.